The van der Waals surface area contributed by atoms with E-state index < -0.39 is 10.3 Å². The molecule has 0 fully saturated rings. The summed E-state index contributed by atoms with van der Waals surface area (Å²) in [4.78, 5) is 13.8. The van der Waals surface area contributed by atoms with Crippen LogP contribution in [0.15, 0.2) is 72.4 Å². The van der Waals surface area contributed by atoms with Crippen molar-refractivity contribution in [3.05, 3.63) is 93.8 Å². The van der Waals surface area contributed by atoms with E-state index in [-0.39, 0.29) is 31.6 Å². The van der Waals surface area contributed by atoms with Crippen LogP contribution in [-0.4, -0.2) is 34.8 Å². The zero-order valence-electron chi connectivity index (χ0n) is 22.7. The summed E-state index contributed by atoms with van der Waals surface area (Å²) in [6.07, 6.45) is 1.48. The van der Waals surface area contributed by atoms with Crippen LogP contribution >= 0.6 is 22.9 Å². The van der Waals surface area contributed by atoms with Crippen LogP contribution in [0.3, 0.4) is 0 Å². The second-order valence-corrected chi connectivity index (χ2v) is 12.0. The minimum Gasteiger partial charge on any atom is -0.487 e. The maximum absolute atomic E-state index is 13.5. The molecule has 1 N–H and O–H groups in total. The van der Waals surface area contributed by atoms with Gasteiger partial charge in [0.1, 0.15) is 35.3 Å². The Morgan fingerprint density at radius 3 is 2.69 bits per heavy atom. The fourth-order valence-corrected chi connectivity index (χ4v) is 5.63. The summed E-state index contributed by atoms with van der Waals surface area (Å²) < 4.78 is 47.6. The molecule has 0 radical (unpaired) electrons. The number of halogens is 2. The van der Waals surface area contributed by atoms with Gasteiger partial charge < -0.3 is 14.8 Å². The highest BCUT2D eigenvalue weighted by molar-refractivity contribution is 7.73. The maximum Gasteiger partial charge on any atom is 0.215 e. The van der Waals surface area contributed by atoms with Crippen LogP contribution in [0.5, 0.6) is 5.75 Å². The largest absolute Gasteiger partial charge is 0.487 e. The number of rotatable bonds is 11. The molecule has 2 heterocycles. The van der Waals surface area contributed by atoms with Gasteiger partial charge in [-0.05, 0) is 53.9 Å². The van der Waals surface area contributed by atoms with Crippen molar-refractivity contribution < 1.29 is 22.3 Å². The highest BCUT2D eigenvalue weighted by Gasteiger charge is 2.12. The van der Waals surface area contributed by atoms with Crippen LogP contribution in [0.1, 0.15) is 24.4 Å². The second-order valence-electron chi connectivity index (χ2n) is 9.62. The van der Waals surface area contributed by atoms with E-state index >= 15 is 0 Å². The van der Waals surface area contributed by atoms with Crippen molar-refractivity contribution >= 4 is 60.5 Å². The van der Waals surface area contributed by atoms with E-state index in [2.05, 4.69) is 20.3 Å². The molecule has 0 aliphatic rings. The third-order valence-corrected chi connectivity index (χ3v) is 8.42. The smallest absolute Gasteiger partial charge is 0.215 e. The second kappa shape index (κ2) is 13.4. The average molecular weight is 625 g/mol. The molecule has 0 bridgehead atoms. The molecule has 0 saturated heterocycles. The number of anilines is 2. The molecular formula is C30H26ClFN4O4S2. The number of ether oxygens (including phenoxy) is 2. The Morgan fingerprint density at radius 2 is 1.93 bits per heavy atom. The zero-order chi connectivity index (χ0) is 29.6. The molecule has 8 nitrogen and oxygen atoms in total. The molecule has 0 saturated carbocycles. The summed E-state index contributed by atoms with van der Waals surface area (Å²) >= 11 is 7.92. The Labute approximate surface area is 252 Å². The van der Waals surface area contributed by atoms with Crippen molar-refractivity contribution in [2.45, 2.75) is 27.1 Å². The van der Waals surface area contributed by atoms with Gasteiger partial charge in [-0.3, -0.25) is 0 Å². The molecule has 0 aliphatic heterocycles. The van der Waals surface area contributed by atoms with E-state index in [1.807, 2.05) is 43.5 Å². The lowest BCUT2D eigenvalue weighted by Gasteiger charge is -2.12. The summed E-state index contributed by atoms with van der Waals surface area (Å²) in [5, 5.41) is 7.16. The van der Waals surface area contributed by atoms with Gasteiger partial charge in [0.25, 0.3) is 0 Å². The molecular weight excluding hydrogens is 599 g/mol. The summed E-state index contributed by atoms with van der Waals surface area (Å²) in [5.41, 5.74) is 3.79. The Morgan fingerprint density at radius 1 is 1.07 bits per heavy atom. The molecule has 5 rings (SSSR count). The van der Waals surface area contributed by atoms with Crippen molar-refractivity contribution in [2.75, 3.05) is 11.9 Å². The van der Waals surface area contributed by atoms with Crippen molar-refractivity contribution in [3.63, 3.8) is 0 Å². The number of fused-ring (bicyclic) bond motifs is 1. The Kier molecular flexibility index (Phi) is 9.43. The van der Waals surface area contributed by atoms with E-state index in [1.54, 1.807) is 24.3 Å². The topological polar surface area (TPSA) is 103 Å². The van der Waals surface area contributed by atoms with Gasteiger partial charge in [0.05, 0.1) is 34.3 Å². The first-order chi connectivity index (χ1) is 20.3. The average Bonchev–Trinajstić information content (AvgIpc) is 3.43. The molecule has 0 aliphatic carbocycles. The molecule has 216 valence electrons. The van der Waals surface area contributed by atoms with Gasteiger partial charge in [0, 0.05) is 22.0 Å². The number of hydrogen-bond donors (Lipinski definition) is 1. The van der Waals surface area contributed by atoms with Crippen LogP contribution in [0.4, 0.5) is 15.9 Å². The molecule has 2 aromatic heterocycles. The molecule has 3 aromatic carbocycles. The molecule has 5 aromatic rings. The predicted octanol–water partition coefficient (Wildman–Crippen LogP) is 7.09. The maximum atomic E-state index is 13.5. The number of benzene rings is 3. The van der Waals surface area contributed by atoms with Crippen molar-refractivity contribution in [3.8, 4) is 17.0 Å². The number of thiazole rings is 1. The lowest BCUT2D eigenvalue weighted by Crippen LogP contribution is -2.16. The lowest BCUT2D eigenvalue weighted by molar-refractivity contribution is 0.157. The highest BCUT2D eigenvalue weighted by Crippen LogP contribution is 2.32. The number of nitrogens with zero attached hydrogens (tertiary/aromatic N) is 3. The van der Waals surface area contributed by atoms with Crippen molar-refractivity contribution in [1.82, 2.24) is 15.0 Å². The summed E-state index contributed by atoms with van der Waals surface area (Å²) in [6, 6.07) is 17.3. The first-order valence-corrected chi connectivity index (χ1v) is 15.3. The molecule has 0 atom stereocenters. The first-order valence-electron chi connectivity index (χ1n) is 12.9. The van der Waals surface area contributed by atoms with E-state index in [4.69, 9.17) is 21.1 Å². The van der Waals surface area contributed by atoms with Gasteiger partial charge in [0.2, 0.25) is 10.3 Å². The van der Waals surface area contributed by atoms with E-state index in [9.17, 15) is 12.8 Å². The standard InChI is InChI=1S/C30H26ClFN4O4S2/c1-18(2)28(42(37)38)14-39-15-29-36-26(16-41-29)20-6-8-25-23(11-20)30(34-17-33-25)35-22-7-9-27(24(31)12-22)40-13-19-4-3-5-21(32)10-19/h3-12,16-18H,13-15H2,1-2H3,(H,33,34,35). The van der Waals surface area contributed by atoms with Crippen LogP contribution < -0.4 is 10.1 Å². The fraction of sp³-hybridized carbons (Fsp3) is 0.200. The number of nitrogens with one attached hydrogen (secondary N) is 1. The van der Waals surface area contributed by atoms with Crippen LogP contribution in [-0.2, 0) is 28.2 Å². The summed E-state index contributed by atoms with van der Waals surface area (Å²) in [6.45, 7) is 4.07. The predicted molar refractivity (Wildman–Crippen MR) is 165 cm³/mol. The molecule has 0 unspecified atom stereocenters. The minimum atomic E-state index is -2.28. The third kappa shape index (κ3) is 7.29. The monoisotopic (exact) mass is 624 g/mol. The molecule has 12 heteroatoms. The Bertz CT molecular complexity index is 1870. The summed E-state index contributed by atoms with van der Waals surface area (Å²) in [5.74, 6) is 0.626. The molecule has 0 spiro atoms. The van der Waals surface area contributed by atoms with Gasteiger partial charge >= 0.3 is 0 Å². The normalized spacial score (nSPS) is 11.2. The van der Waals surface area contributed by atoms with Crippen LogP contribution in [0.2, 0.25) is 5.02 Å². The van der Waals surface area contributed by atoms with Gasteiger partial charge in [-0.15, -0.1) is 11.3 Å². The number of hydrogen-bond acceptors (Lipinski definition) is 9. The lowest BCUT2D eigenvalue weighted by atomic mass is 10.1. The van der Waals surface area contributed by atoms with E-state index in [0.717, 1.165) is 27.2 Å². The van der Waals surface area contributed by atoms with Crippen molar-refractivity contribution in [1.29, 1.82) is 0 Å². The Balaban J connectivity index is 1.30. The third-order valence-electron chi connectivity index (χ3n) is 6.29. The SMILES string of the molecule is CC(C)C(COCc1nc(-c2ccc3ncnc(Nc4ccc(OCc5cccc(F)c5)c(Cl)c4)c3c2)cs1)=S(=O)=O. The molecule has 42 heavy (non-hydrogen) atoms. The van der Waals surface area contributed by atoms with Crippen LogP contribution in [0.25, 0.3) is 22.2 Å². The van der Waals surface area contributed by atoms with E-state index in [0.29, 0.717) is 32.7 Å². The Hall–Kier alpha value is -3.90. The quantitative estimate of drug-likeness (QED) is 0.155. The van der Waals surface area contributed by atoms with Gasteiger partial charge in [0.15, 0.2) is 0 Å². The highest BCUT2D eigenvalue weighted by atomic mass is 35.5. The zero-order valence-corrected chi connectivity index (χ0v) is 25.1. The van der Waals surface area contributed by atoms with Gasteiger partial charge in [-0.2, -0.15) is 8.42 Å². The van der Waals surface area contributed by atoms with E-state index in [1.165, 1.54) is 29.8 Å². The molecule has 0 amide bonds. The van der Waals surface area contributed by atoms with Crippen LogP contribution in [0, 0.1) is 11.7 Å². The number of aromatic nitrogens is 3. The van der Waals surface area contributed by atoms with Crippen molar-refractivity contribution in [2.24, 2.45) is 5.92 Å². The first kappa shape index (κ1) is 29.6. The fourth-order valence-electron chi connectivity index (χ4n) is 4.09. The summed E-state index contributed by atoms with van der Waals surface area (Å²) in [7, 11) is -2.28. The van der Waals surface area contributed by atoms with Gasteiger partial charge in [-0.1, -0.05) is 43.6 Å². The minimum absolute atomic E-state index is 0.0369. The van der Waals surface area contributed by atoms with Gasteiger partial charge in [-0.25, -0.2) is 19.3 Å².